The van der Waals surface area contributed by atoms with Crippen molar-refractivity contribution in [1.29, 1.82) is 0 Å². The molecule has 1 aromatic carbocycles. The van der Waals surface area contributed by atoms with Crippen LogP contribution in [0.2, 0.25) is 0 Å². The lowest BCUT2D eigenvalue weighted by molar-refractivity contribution is 0.234. The minimum Gasteiger partial charge on any atom is -0.419 e. The molecule has 4 nitrogen and oxygen atoms in total. The van der Waals surface area contributed by atoms with Gasteiger partial charge in [-0.1, -0.05) is 19.1 Å². The SMILES string of the molecule is CC1CC(NCc2nnc(-c3ccccc3Br)o2)C1. The third-order valence-corrected chi connectivity index (χ3v) is 4.18. The van der Waals surface area contributed by atoms with Crippen LogP contribution in [0.5, 0.6) is 0 Å². The Labute approximate surface area is 120 Å². The van der Waals surface area contributed by atoms with Crippen LogP contribution < -0.4 is 5.32 Å². The summed E-state index contributed by atoms with van der Waals surface area (Å²) in [4.78, 5) is 0. The predicted molar refractivity (Wildman–Crippen MR) is 76.5 cm³/mol. The summed E-state index contributed by atoms with van der Waals surface area (Å²) in [6.07, 6.45) is 2.48. The van der Waals surface area contributed by atoms with Gasteiger partial charge in [0.1, 0.15) is 0 Å². The number of nitrogens with zero attached hydrogens (tertiary/aromatic N) is 2. The summed E-state index contributed by atoms with van der Waals surface area (Å²) in [5.41, 5.74) is 0.929. The first-order chi connectivity index (χ1) is 9.22. The largest absolute Gasteiger partial charge is 0.419 e. The van der Waals surface area contributed by atoms with Gasteiger partial charge in [0.2, 0.25) is 11.8 Å². The number of aromatic nitrogens is 2. The molecule has 1 fully saturated rings. The number of hydrogen-bond acceptors (Lipinski definition) is 4. The zero-order valence-electron chi connectivity index (χ0n) is 10.8. The molecular formula is C14H16BrN3O. The van der Waals surface area contributed by atoms with Crippen molar-refractivity contribution < 1.29 is 4.42 Å². The first-order valence-corrected chi connectivity index (χ1v) is 7.32. The lowest BCUT2D eigenvalue weighted by Gasteiger charge is -2.32. The zero-order valence-corrected chi connectivity index (χ0v) is 12.4. The van der Waals surface area contributed by atoms with Crippen LogP contribution in [-0.2, 0) is 6.54 Å². The van der Waals surface area contributed by atoms with E-state index >= 15 is 0 Å². The quantitative estimate of drug-likeness (QED) is 0.937. The smallest absolute Gasteiger partial charge is 0.248 e. The summed E-state index contributed by atoms with van der Waals surface area (Å²) in [6, 6.07) is 8.45. The van der Waals surface area contributed by atoms with Gasteiger partial charge >= 0.3 is 0 Å². The third-order valence-electron chi connectivity index (χ3n) is 3.49. The van der Waals surface area contributed by atoms with Crippen LogP contribution in [0.15, 0.2) is 33.2 Å². The van der Waals surface area contributed by atoms with Crippen LogP contribution in [-0.4, -0.2) is 16.2 Å². The second kappa shape index (κ2) is 5.43. The maximum Gasteiger partial charge on any atom is 0.248 e. The highest BCUT2D eigenvalue weighted by Gasteiger charge is 2.25. The summed E-state index contributed by atoms with van der Waals surface area (Å²) >= 11 is 3.49. The monoisotopic (exact) mass is 321 g/mol. The molecule has 0 radical (unpaired) electrons. The summed E-state index contributed by atoms with van der Waals surface area (Å²) in [7, 11) is 0. The van der Waals surface area contributed by atoms with Crippen LogP contribution in [0.3, 0.4) is 0 Å². The molecule has 19 heavy (non-hydrogen) atoms. The first-order valence-electron chi connectivity index (χ1n) is 6.53. The van der Waals surface area contributed by atoms with E-state index in [1.54, 1.807) is 0 Å². The van der Waals surface area contributed by atoms with E-state index in [2.05, 4.69) is 38.4 Å². The molecular weight excluding hydrogens is 306 g/mol. The van der Waals surface area contributed by atoms with Crippen LogP contribution in [0.25, 0.3) is 11.5 Å². The fourth-order valence-corrected chi connectivity index (χ4v) is 2.82. The van der Waals surface area contributed by atoms with Gasteiger partial charge in [-0.2, -0.15) is 0 Å². The Morgan fingerprint density at radius 1 is 1.32 bits per heavy atom. The highest BCUT2D eigenvalue weighted by atomic mass is 79.9. The predicted octanol–water partition coefficient (Wildman–Crippen LogP) is 3.39. The minimum atomic E-state index is 0.561. The van der Waals surface area contributed by atoms with Crippen molar-refractivity contribution in [3.63, 3.8) is 0 Å². The molecule has 2 aromatic rings. The van der Waals surface area contributed by atoms with Crippen molar-refractivity contribution >= 4 is 15.9 Å². The van der Waals surface area contributed by atoms with E-state index < -0.39 is 0 Å². The van der Waals surface area contributed by atoms with E-state index in [1.165, 1.54) is 12.8 Å². The van der Waals surface area contributed by atoms with Crippen LogP contribution in [0.1, 0.15) is 25.7 Å². The van der Waals surface area contributed by atoms with Crippen molar-refractivity contribution in [2.45, 2.75) is 32.4 Å². The van der Waals surface area contributed by atoms with E-state index in [1.807, 2.05) is 24.3 Å². The lowest BCUT2D eigenvalue weighted by atomic mass is 9.82. The van der Waals surface area contributed by atoms with Crippen molar-refractivity contribution in [2.75, 3.05) is 0 Å². The zero-order chi connectivity index (χ0) is 13.2. The maximum atomic E-state index is 5.68. The summed E-state index contributed by atoms with van der Waals surface area (Å²) in [5, 5.41) is 11.6. The van der Waals surface area contributed by atoms with Gasteiger partial charge in [-0.3, -0.25) is 0 Å². The van der Waals surface area contributed by atoms with E-state index in [0.29, 0.717) is 24.4 Å². The molecule has 1 N–H and O–H groups in total. The van der Waals surface area contributed by atoms with Gasteiger partial charge in [0, 0.05) is 10.5 Å². The molecule has 0 spiro atoms. The number of halogens is 1. The van der Waals surface area contributed by atoms with Gasteiger partial charge in [-0.05, 0) is 46.8 Å². The minimum absolute atomic E-state index is 0.561. The summed E-state index contributed by atoms with van der Waals surface area (Å²) in [6.45, 7) is 2.92. The Balaban J connectivity index is 1.65. The first kappa shape index (κ1) is 12.8. The Morgan fingerprint density at radius 3 is 2.84 bits per heavy atom. The van der Waals surface area contributed by atoms with E-state index in [4.69, 9.17) is 4.42 Å². The Kier molecular flexibility index (Phi) is 3.66. The average Bonchev–Trinajstić information content (AvgIpc) is 2.82. The van der Waals surface area contributed by atoms with Crippen LogP contribution in [0.4, 0.5) is 0 Å². The summed E-state index contributed by atoms with van der Waals surface area (Å²) in [5.74, 6) is 2.05. The second-order valence-electron chi connectivity index (χ2n) is 5.14. The molecule has 0 aliphatic heterocycles. The van der Waals surface area contributed by atoms with Gasteiger partial charge < -0.3 is 9.73 Å². The Morgan fingerprint density at radius 2 is 2.11 bits per heavy atom. The molecule has 1 aliphatic rings. The molecule has 0 bridgehead atoms. The van der Waals surface area contributed by atoms with Gasteiger partial charge in [0.25, 0.3) is 0 Å². The molecule has 100 valence electrons. The highest BCUT2D eigenvalue weighted by Crippen LogP contribution is 2.28. The molecule has 0 amide bonds. The number of benzene rings is 1. The Hall–Kier alpha value is -1.20. The molecule has 1 saturated carbocycles. The highest BCUT2D eigenvalue weighted by molar-refractivity contribution is 9.10. The molecule has 1 heterocycles. The normalized spacial score (nSPS) is 22.2. The van der Waals surface area contributed by atoms with E-state index in [-0.39, 0.29) is 0 Å². The van der Waals surface area contributed by atoms with Crippen LogP contribution in [0, 0.1) is 5.92 Å². The van der Waals surface area contributed by atoms with Crippen LogP contribution >= 0.6 is 15.9 Å². The molecule has 0 saturated heterocycles. The number of hydrogen-bond donors (Lipinski definition) is 1. The standard InChI is InChI=1S/C14H16BrN3O/c1-9-6-10(7-9)16-8-13-17-18-14(19-13)11-4-2-3-5-12(11)15/h2-5,9-10,16H,6-8H2,1H3. The van der Waals surface area contributed by atoms with Crippen molar-refractivity contribution in [3.8, 4) is 11.5 Å². The lowest BCUT2D eigenvalue weighted by Crippen LogP contribution is -2.39. The number of nitrogens with one attached hydrogen (secondary N) is 1. The fourth-order valence-electron chi connectivity index (χ4n) is 2.37. The van der Waals surface area contributed by atoms with Gasteiger partial charge in [0.15, 0.2) is 0 Å². The summed E-state index contributed by atoms with van der Waals surface area (Å²) < 4.78 is 6.65. The van der Waals surface area contributed by atoms with E-state index in [0.717, 1.165) is 16.0 Å². The third kappa shape index (κ3) is 2.87. The fraction of sp³-hybridized carbons (Fsp3) is 0.429. The molecule has 3 rings (SSSR count). The van der Waals surface area contributed by atoms with Gasteiger partial charge in [-0.15, -0.1) is 10.2 Å². The topological polar surface area (TPSA) is 51.0 Å². The molecule has 1 aromatic heterocycles. The van der Waals surface area contributed by atoms with E-state index in [9.17, 15) is 0 Å². The van der Waals surface area contributed by atoms with Crippen molar-refractivity contribution in [2.24, 2.45) is 5.92 Å². The molecule has 5 heteroatoms. The second-order valence-corrected chi connectivity index (χ2v) is 5.99. The average molecular weight is 322 g/mol. The molecule has 0 atom stereocenters. The molecule has 1 aliphatic carbocycles. The van der Waals surface area contributed by atoms with Crippen molar-refractivity contribution in [1.82, 2.24) is 15.5 Å². The van der Waals surface area contributed by atoms with Gasteiger partial charge in [0.05, 0.1) is 12.1 Å². The molecule has 0 unspecified atom stereocenters. The number of rotatable bonds is 4. The van der Waals surface area contributed by atoms with Crippen molar-refractivity contribution in [3.05, 3.63) is 34.6 Å². The Bertz CT molecular complexity index is 563. The maximum absolute atomic E-state index is 5.68. The van der Waals surface area contributed by atoms with Gasteiger partial charge in [-0.25, -0.2) is 0 Å².